The average Bonchev–Trinajstić information content (AvgIpc) is 2.37. The molecule has 1 radical (unpaired) electrons. The smallest absolute Gasteiger partial charge is 0.166 e. The molecular weight excluding hydrogens is 237 g/mol. The number of benzene rings is 1. The molecule has 2 rings (SSSR count). The predicted octanol–water partition coefficient (Wildman–Crippen LogP) is 5.03. The molecule has 1 aliphatic carbocycles. The van der Waals surface area contributed by atoms with E-state index in [1.807, 2.05) is 0 Å². The Kier molecular flexibility index (Phi) is 4.31. The molecule has 0 aliphatic heterocycles. The number of alkyl halides is 3. The third-order valence-electron chi connectivity index (χ3n) is 3.68. The third-order valence-corrected chi connectivity index (χ3v) is 3.68. The molecular formula is C15H18F3. The fourth-order valence-electron chi connectivity index (χ4n) is 2.52. The van der Waals surface area contributed by atoms with Gasteiger partial charge in [0, 0.05) is 0 Å². The van der Waals surface area contributed by atoms with E-state index in [4.69, 9.17) is 0 Å². The van der Waals surface area contributed by atoms with Gasteiger partial charge in [0.2, 0.25) is 0 Å². The van der Waals surface area contributed by atoms with Crippen LogP contribution in [0.3, 0.4) is 0 Å². The average molecular weight is 255 g/mol. The molecule has 1 aromatic carbocycles. The van der Waals surface area contributed by atoms with Crippen LogP contribution in [0.1, 0.15) is 43.2 Å². The summed E-state index contributed by atoms with van der Waals surface area (Å²) < 4.78 is 37.2. The second-order valence-electron chi connectivity index (χ2n) is 5.04. The maximum absolute atomic E-state index is 12.4. The lowest BCUT2D eigenvalue weighted by molar-refractivity contribution is -0.137. The van der Waals surface area contributed by atoms with Crippen LogP contribution in [0.4, 0.5) is 13.2 Å². The lowest BCUT2D eigenvalue weighted by Crippen LogP contribution is -2.08. The van der Waals surface area contributed by atoms with E-state index in [-0.39, 0.29) is 0 Å². The van der Waals surface area contributed by atoms with Crippen LogP contribution in [0.5, 0.6) is 0 Å². The second kappa shape index (κ2) is 5.77. The van der Waals surface area contributed by atoms with Crippen molar-refractivity contribution in [1.29, 1.82) is 0 Å². The summed E-state index contributed by atoms with van der Waals surface area (Å²) in [6.07, 6.45) is 4.95. The van der Waals surface area contributed by atoms with E-state index in [1.54, 1.807) is 12.1 Å². The number of rotatable bonds is 3. The normalized spacial score (nSPS) is 17.9. The summed E-state index contributed by atoms with van der Waals surface area (Å²) in [5.41, 5.74) is 0.455. The first kappa shape index (κ1) is 13.4. The van der Waals surface area contributed by atoms with Crippen molar-refractivity contribution in [1.82, 2.24) is 0 Å². The van der Waals surface area contributed by atoms with E-state index in [9.17, 15) is 13.2 Å². The number of hydrogen-bond donors (Lipinski definition) is 0. The van der Waals surface area contributed by atoms with Crippen LogP contribution in [-0.4, -0.2) is 0 Å². The van der Waals surface area contributed by atoms with Crippen LogP contribution in [0.25, 0.3) is 0 Å². The summed E-state index contributed by atoms with van der Waals surface area (Å²) in [7, 11) is 0. The summed E-state index contributed by atoms with van der Waals surface area (Å²) >= 11 is 0. The molecule has 0 nitrogen and oxygen atoms in total. The third kappa shape index (κ3) is 3.76. The molecule has 0 N–H and O–H groups in total. The van der Waals surface area contributed by atoms with Gasteiger partial charge in [-0.3, -0.25) is 0 Å². The topological polar surface area (TPSA) is 0 Å². The van der Waals surface area contributed by atoms with Crippen LogP contribution in [0, 0.1) is 12.3 Å². The Labute approximate surface area is 106 Å². The molecule has 0 aromatic heterocycles. The molecule has 3 heteroatoms. The fourth-order valence-corrected chi connectivity index (χ4v) is 2.52. The van der Waals surface area contributed by atoms with E-state index >= 15 is 0 Å². The Morgan fingerprint density at radius 3 is 2.17 bits per heavy atom. The molecule has 0 bridgehead atoms. The lowest BCUT2D eigenvalue weighted by atomic mass is 9.85. The molecule has 1 aliphatic rings. The lowest BCUT2D eigenvalue weighted by Gasteiger charge is -2.21. The monoisotopic (exact) mass is 255 g/mol. The summed E-state index contributed by atoms with van der Waals surface area (Å²) in [5.74, 6) is 0.747. The fraction of sp³-hybridized carbons (Fsp3) is 0.533. The molecule has 0 amide bonds. The van der Waals surface area contributed by atoms with Gasteiger partial charge >= 0.3 is 6.18 Å². The van der Waals surface area contributed by atoms with Crippen molar-refractivity contribution in [2.75, 3.05) is 0 Å². The number of aryl methyl sites for hydroxylation is 1. The van der Waals surface area contributed by atoms with Crippen LogP contribution in [-0.2, 0) is 12.6 Å². The minimum absolute atomic E-state index is 0.557. The van der Waals surface area contributed by atoms with Gasteiger partial charge in [-0.15, -0.1) is 0 Å². The van der Waals surface area contributed by atoms with Gasteiger partial charge in [0.1, 0.15) is 0 Å². The number of hydrogen-bond acceptors (Lipinski definition) is 0. The van der Waals surface area contributed by atoms with Gasteiger partial charge in [-0.2, -0.15) is 13.2 Å². The van der Waals surface area contributed by atoms with Crippen LogP contribution >= 0.6 is 0 Å². The molecule has 1 fully saturated rings. The first-order chi connectivity index (χ1) is 8.55. The second-order valence-corrected chi connectivity index (χ2v) is 5.04. The zero-order chi connectivity index (χ0) is 13.0. The Balaban J connectivity index is 1.86. The van der Waals surface area contributed by atoms with E-state index in [0.717, 1.165) is 24.3 Å². The molecule has 0 saturated heterocycles. The van der Waals surface area contributed by atoms with Crippen molar-refractivity contribution in [3.63, 3.8) is 0 Å². The van der Waals surface area contributed by atoms with Gasteiger partial charge in [-0.05, 0) is 55.7 Å². The molecule has 0 heterocycles. The molecule has 0 atom stereocenters. The van der Waals surface area contributed by atoms with Crippen LogP contribution in [0.2, 0.25) is 0 Å². The van der Waals surface area contributed by atoms with Crippen molar-refractivity contribution < 1.29 is 13.2 Å². The van der Waals surface area contributed by atoms with Crippen molar-refractivity contribution >= 4 is 0 Å². The molecule has 1 aromatic rings. The minimum atomic E-state index is -4.22. The van der Waals surface area contributed by atoms with E-state index in [1.165, 1.54) is 37.8 Å². The standard InChI is InChI=1S/C15H18F3/c16-15(17,18)14-10-8-13(9-11-14)7-6-12-4-2-1-3-5-12/h1,8-12H,2-7H2. The first-order valence-electron chi connectivity index (χ1n) is 6.53. The minimum Gasteiger partial charge on any atom is -0.166 e. The summed E-state index contributed by atoms with van der Waals surface area (Å²) in [6, 6.07) is 5.59. The Hall–Kier alpha value is -0.990. The van der Waals surface area contributed by atoms with Gasteiger partial charge in [0.05, 0.1) is 5.56 Å². The molecule has 0 unspecified atom stereocenters. The molecule has 0 spiro atoms. The zero-order valence-electron chi connectivity index (χ0n) is 10.3. The Morgan fingerprint density at radius 2 is 1.61 bits per heavy atom. The maximum Gasteiger partial charge on any atom is 0.416 e. The van der Waals surface area contributed by atoms with Crippen molar-refractivity contribution in [2.45, 2.75) is 44.7 Å². The van der Waals surface area contributed by atoms with Gasteiger partial charge in [-0.25, -0.2) is 0 Å². The predicted molar refractivity (Wildman–Crippen MR) is 66.0 cm³/mol. The quantitative estimate of drug-likeness (QED) is 0.710. The summed E-state index contributed by atoms with van der Waals surface area (Å²) in [6.45, 7) is 0. The van der Waals surface area contributed by atoms with Crippen molar-refractivity contribution in [3.05, 3.63) is 41.8 Å². The van der Waals surface area contributed by atoms with Crippen LogP contribution < -0.4 is 0 Å². The zero-order valence-corrected chi connectivity index (χ0v) is 10.3. The van der Waals surface area contributed by atoms with Gasteiger partial charge in [0.15, 0.2) is 0 Å². The van der Waals surface area contributed by atoms with E-state index in [0.29, 0.717) is 0 Å². The highest BCUT2D eigenvalue weighted by Crippen LogP contribution is 2.30. The van der Waals surface area contributed by atoms with E-state index in [2.05, 4.69) is 6.42 Å². The Morgan fingerprint density at radius 1 is 1.00 bits per heavy atom. The highest BCUT2D eigenvalue weighted by molar-refractivity contribution is 5.24. The molecule has 18 heavy (non-hydrogen) atoms. The van der Waals surface area contributed by atoms with Gasteiger partial charge in [0.25, 0.3) is 0 Å². The maximum atomic E-state index is 12.4. The Bertz CT molecular complexity index is 358. The highest BCUT2D eigenvalue weighted by atomic mass is 19.4. The molecule has 1 saturated carbocycles. The van der Waals surface area contributed by atoms with Crippen molar-refractivity contribution in [2.24, 2.45) is 5.92 Å². The summed E-state index contributed by atoms with van der Waals surface area (Å²) in [4.78, 5) is 0. The van der Waals surface area contributed by atoms with Crippen LogP contribution in [0.15, 0.2) is 24.3 Å². The van der Waals surface area contributed by atoms with E-state index < -0.39 is 11.7 Å². The highest BCUT2D eigenvalue weighted by Gasteiger charge is 2.29. The van der Waals surface area contributed by atoms with Gasteiger partial charge in [-0.1, -0.05) is 25.0 Å². The largest absolute Gasteiger partial charge is 0.416 e. The SMILES string of the molecule is FC(F)(F)c1ccc(CCC2CC[CH]CC2)cc1. The van der Waals surface area contributed by atoms with Crippen molar-refractivity contribution in [3.8, 4) is 0 Å². The summed E-state index contributed by atoms with van der Waals surface area (Å²) in [5, 5.41) is 0. The van der Waals surface area contributed by atoms with Gasteiger partial charge < -0.3 is 0 Å². The first-order valence-corrected chi connectivity index (χ1v) is 6.53. The molecule has 99 valence electrons. The number of halogens is 3.